The minimum absolute atomic E-state index is 0. The first kappa shape index (κ1) is 20.3. The number of halogens is 6. The van der Waals surface area contributed by atoms with Crippen LogP contribution in [0.1, 0.15) is 24.3 Å². The van der Waals surface area contributed by atoms with Crippen molar-refractivity contribution in [3.05, 3.63) is 34.6 Å². The lowest BCUT2D eigenvalue weighted by molar-refractivity contribution is -0.132. The van der Waals surface area contributed by atoms with E-state index in [-0.39, 0.29) is 54.3 Å². The van der Waals surface area contributed by atoms with E-state index in [4.69, 9.17) is 11.6 Å². The Labute approximate surface area is 153 Å². The molecule has 2 N–H and O–H groups in total. The van der Waals surface area contributed by atoms with Crippen molar-refractivity contribution >= 4 is 41.5 Å². The van der Waals surface area contributed by atoms with Crippen molar-refractivity contribution in [2.24, 2.45) is 4.99 Å². The molecule has 1 fully saturated rings. The fourth-order valence-corrected chi connectivity index (χ4v) is 2.53. The van der Waals surface area contributed by atoms with Gasteiger partial charge in [-0.15, -0.1) is 24.0 Å². The van der Waals surface area contributed by atoms with Crippen molar-refractivity contribution in [2.75, 3.05) is 13.6 Å². The maximum Gasteiger partial charge on any atom is 0.390 e. The van der Waals surface area contributed by atoms with Gasteiger partial charge in [-0.25, -0.2) is 4.39 Å². The number of hydrogen-bond donors (Lipinski definition) is 2. The van der Waals surface area contributed by atoms with Gasteiger partial charge in [0.15, 0.2) is 5.96 Å². The van der Waals surface area contributed by atoms with Crippen LogP contribution in [0.5, 0.6) is 0 Å². The minimum atomic E-state index is -4.21. The van der Waals surface area contributed by atoms with E-state index in [2.05, 4.69) is 15.6 Å². The summed E-state index contributed by atoms with van der Waals surface area (Å²) in [5, 5.41) is 5.92. The summed E-state index contributed by atoms with van der Waals surface area (Å²) in [6.45, 7) is -0.263. The molecule has 0 radical (unpaired) electrons. The third-order valence-corrected chi connectivity index (χ3v) is 3.74. The largest absolute Gasteiger partial charge is 0.390 e. The minimum Gasteiger partial charge on any atom is -0.356 e. The Bertz CT molecular complexity index is 545. The third kappa shape index (κ3) is 5.98. The topological polar surface area (TPSA) is 36.4 Å². The first-order valence-corrected chi connectivity index (χ1v) is 7.17. The molecule has 0 heterocycles. The van der Waals surface area contributed by atoms with Crippen molar-refractivity contribution in [2.45, 2.75) is 31.0 Å². The average molecular weight is 466 g/mol. The zero-order valence-electron chi connectivity index (χ0n) is 12.3. The highest BCUT2D eigenvalue weighted by atomic mass is 127. The van der Waals surface area contributed by atoms with Crippen molar-refractivity contribution in [1.29, 1.82) is 0 Å². The summed E-state index contributed by atoms with van der Waals surface area (Å²) in [7, 11) is 1.47. The molecule has 23 heavy (non-hydrogen) atoms. The summed E-state index contributed by atoms with van der Waals surface area (Å²) in [6.07, 6.45) is -4.50. The molecule has 0 saturated heterocycles. The van der Waals surface area contributed by atoms with Crippen LogP contribution in [-0.2, 0) is 0 Å². The van der Waals surface area contributed by atoms with Gasteiger partial charge in [0.05, 0.1) is 6.42 Å². The molecule has 0 spiro atoms. The van der Waals surface area contributed by atoms with E-state index in [9.17, 15) is 17.6 Å². The SMILES string of the molecule is CN=C(NCCC(F)(F)F)NC1CC1c1c(F)cccc1Cl.I. The molecule has 0 amide bonds. The van der Waals surface area contributed by atoms with Crippen LogP contribution >= 0.6 is 35.6 Å². The van der Waals surface area contributed by atoms with Gasteiger partial charge in [-0.05, 0) is 18.6 Å². The first-order chi connectivity index (χ1) is 10.3. The monoisotopic (exact) mass is 465 g/mol. The van der Waals surface area contributed by atoms with Gasteiger partial charge in [-0.2, -0.15) is 13.2 Å². The van der Waals surface area contributed by atoms with Crippen LogP contribution in [0.4, 0.5) is 17.6 Å². The molecule has 1 aromatic rings. The number of nitrogens with zero attached hydrogens (tertiary/aromatic N) is 1. The maximum atomic E-state index is 13.8. The van der Waals surface area contributed by atoms with E-state index in [0.717, 1.165) is 0 Å². The summed E-state index contributed by atoms with van der Waals surface area (Å²) in [5.74, 6) is -0.208. The molecule has 130 valence electrons. The predicted octanol–water partition coefficient (Wildman–Crippen LogP) is 4.07. The van der Waals surface area contributed by atoms with E-state index in [1.54, 1.807) is 6.07 Å². The van der Waals surface area contributed by atoms with Gasteiger partial charge >= 0.3 is 6.18 Å². The number of rotatable bonds is 4. The number of alkyl halides is 3. The molecule has 1 aromatic carbocycles. The Morgan fingerprint density at radius 2 is 2.09 bits per heavy atom. The molecular formula is C14H17ClF4IN3. The fraction of sp³-hybridized carbons (Fsp3) is 0.500. The van der Waals surface area contributed by atoms with Gasteiger partial charge in [0.2, 0.25) is 0 Å². The summed E-state index contributed by atoms with van der Waals surface area (Å²) in [5.41, 5.74) is 0.437. The molecular weight excluding hydrogens is 449 g/mol. The first-order valence-electron chi connectivity index (χ1n) is 6.79. The smallest absolute Gasteiger partial charge is 0.356 e. The van der Waals surface area contributed by atoms with E-state index in [1.165, 1.54) is 19.2 Å². The number of hydrogen-bond acceptors (Lipinski definition) is 1. The molecule has 1 aliphatic carbocycles. The van der Waals surface area contributed by atoms with E-state index in [1.807, 2.05) is 0 Å². The van der Waals surface area contributed by atoms with E-state index < -0.39 is 12.6 Å². The Morgan fingerprint density at radius 3 is 2.65 bits per heavy atom. The summed E-state index contributed by atoms with van der Waals surface area (Å²) < 4.78 is 50.1. The van der Waals surface area contributed by atoms with Crippen LogP contribution in [0.15, 0.2) is 23.2 Å². The molecule has 0 aromatic heterocycles. The normalized spacial score (nSPS) is 20.7. The summed E-state index contributed by atoms with van der Waals surface area (Å²) >= 11 is 6.00. The van der Waals surface area contributed by atoms with Gasteiger partial charge in [0.1, 0.15) is 5.82 Å². The Kier molecular flexibility index (Phi) is 7.37. The molecule has 2 unspecified atom stereocenters. The Hall–Kier alpha value is -0.770. The molecule has 2 atom stereocenters. The molecule has 1 saturated carbocycles. The Morgan fingerprint density at radius 1 is 1.39 bits per heavy atom. The lowest BCUT2D eigenvalue weighted by Crippen LogP contribution is -2.40. The van der Waals surface area contributed by atoms with Gasteiger partial charge < -0.3 is 10.6 Å². The zero-order chi connectivity index (χ0) is 16.3. The third-order valence-electron chi connectivity index (χ3n) is 3.41. The van der Waals surface area contributed by atoms with Crippen molar-refractivity contribution in [3.63, 3.8) is 0 Å². The second-order valence-electron chi connectivity index (χ2n) is 5.09. The number of aliphatic imine (C=N–C) groups is 1. The van der Waals surface area contributed by atoms with Crippen molar-refractivity contribution in [3.8, 4) is 0 Å². The Balaban J connectivity index is 0.00000264. The maximum absolute atomic E-state index is 13.8. The fourth-order valence-electron chi connectivity index (χ4n) is 2.23. The van der Waals surface area contributed by atoms with E-state index >= 15 is 0 Å². The van der Waals surface area contributed by atoms with Crippen LogP contribution in [0.25, 0.3) is 0 Å². The predicted molar refractivity (Wildman–Crippen MR) is 93.1 cm³/mol. The molecule has 2 rings (SSSR count). The number of nitrogens with one attached hydrogen (secondary N) is 2. The average Bonchev–Trinajstić information content (AvgIpc) is 3.15. The summed E-state index contributed by atoms with van der Waals surface area (Å²) in [6, 6.07) is 4.40. The van der Waals surface area contributed by atoms with E-state index in [0.29, 0.717) is 17.0 Å². The quantitative estimate of drug-likeness (QED) is 0.304. The van der Waals surface area contributed by atoms with Gasteiger partial charge in [0.25, 0.3) is 0 Å². The number of guanidine groups is 1. The second-order valence-corrected chi connectivity index (χ2v) is 5.50. The highest BCUT2D eigenvalue weighted by Crippen LogP contribution is 2.44. The highest BCUT2D eigenvalue weighted by molar-refractivity contribution is 14.0. The lowest BCUT2D eigenvalue weighted by Gasteiger charge is -2.13. The van der Waals surface area contributed by atoms with Crippen LogP contribution in [-0.4, -0.2) is 31.8 Å². The van der Waals surface area contributed by atoms with Gasteiger partial charge in [0, 0.05) is 36.1 Å². The van der Waals surface area contributed by atoms with Crippen LogP contribution < -0.4 is 10.6 Å². The molecule has 0 bridgehead atoms. The van der Waals surface area contributed by atoms with Crippen LogP contribution in [0, 0.1) is 5.82 Å². The number of benzene rings is 1. The summed E-state index contributed by atoms with van der Waals surface area (Å²) in [4.78, 5) is 3.86. The molecule has 1 aliphatic rings. The lowest BCUT2D eigenvalue weighted by atomic mass is 10.1. The van der Waals surface area contributed by atoms with Crippen LogP contribution in [0.2, 0.25) is 5.02 Å². The zero-order valence-corrected chi connectivity index (χ0v) is 15.3. The standard InChI is InChI=1S/C14H16ClF4N3.HI/c1-20-13(21-6-5-14(17,18)19)22-11-7-8(11)12-9(15)3-2-4-10(12)16;/h2-4,8,11H,5-7H2,1H3,(H2,20,21,22);1H. The highest BCUT2D eigenvalue weighted by Gasteiger charge is 2.42. The van der Waals surface area contributed by atoms with Gasteiger partial charge in [-0.3, -0.25) is 4.99 Å². The van der Waals surface area contributed by atoms with Gasteiger partial charge in [-0.1, -0.05) is 17.7 Å². The molecule has 9 heteroatoms. The van der Waals surface area contributed by atoms with Crippen molar-refractivity contribution < 1.29 is 17.6 Å². The molecule has 0 aliphatic heterocycles. The van der Waals surface area contributed by atoms with Crippen LogP contribution in [0.3, 0.4) is 0 Å². The second kappa shape index (κ2) is 8.36. The van der Waals surface area contributed by atoms with Crippen molar-refractivity contribution in [1.82, 2.24) is 10.6 Å². The molecule has 3 nitrogen and oxygen atoms in total.